The lowest BCUT2D eigenvalue weighted by Crippen LogP contribution is -2.32. The Morgan fingerprint density at radius 1 is 1.60 bits per heavy atom. The number of likely N-dealkylation sites (N-methyl/N-ethyl adjacent to an activating group) is 1. The summed E-state index contributed by atoms with van der Waals surface area (Å²) in [6.45, 7) is 0.665. The van der Waals surface area contributed by atoms with Crippen molar-refractivity contribution in [2.24, 2.45) is 0 Å². The molecule has 0 aliphatic heterocycles. The van der Waals surface area contributed by atoms with Crippen LogP contribution in [0.25, 0.3) is 0 Å². The first-order chi connectivity index (χ1) is 7.13. The third kappa shape index (κ3) is 3.81. The number of rotatable bonds is 5. The van der Waals surface area contributed by atoms with Crippen molar-refractivity contribution < 1.29 is 14.2 Å². The van der Waals surface area contributed by atoms with E-state index in [1.54, 1.807) is 18.0 Å². The lowest BCUT2D eigenvalue weighted by molar-refractivity contribution is 0.0694. The minimum Gasteiger partial charge on any atom is -0.389 e. The summed E-state index contributed by atoms with van der Waals surface area (Å²) in [7, 11) is 3.30. The predicted octanol–water partition coefficient (Wildman–Crippen LogP) is 0.664. The molecule has 0 spiro atoms. The van der Waals surface area contributed by atoms with Crippen LogP contribution < -0.4 is 4.90 Å². The van der Waals surface area contributed by atoms with Gasteiger partial charge in [0.25, 0.3) is 0 Å². The molecule has 0 aliphatic carbocycles. The zero-order chi connectivity index (χ0) is 11.3. The summed E-state index contributed by atoms with van der Waals surface area (Å²) in [4.78, 5) is 5.63. The van der Waals surface area contributed by atoms with Crippen LogP contribution in [-0.4, -0.2) is 43.5 Å². The summed E-state index contributed by atoms with van der Waals surface area (Å²) in [6.07, 6.45) is 0.570. The molecule has 0 radical (unpaired) electrons. The SMILES string of the molecule is COCC(O)CN(C)c1ccc(F)cn1. The third-order valence-corrected chi connectivity index (χ3v) is 1.95. The van der Waals surface area contributed by atoms with Gasteiger partial charge in [-0.15, -0.1) is 0 Å². The van der Waals surface area contributed by atoms with Gasteiger partial charge in [-0.2, -0.15) is 0 Å². The van der Waals surface area contributed by atoms with Crippen molar-refractivity contribution in [1.29, 1.82) is 0 Å². The van der Waals surface area contributed by atoms with Crippen molar-refractivity contribution in [2.75, 3.05) is 32.2 Å². The van der Waals surface area contributed by atoms with E-state index in [0.29, 0.717) is 12.4 Å². The number of aromatic nitrogens is 1. The molecule has 0 bridgehead atoms. The van der Waals surface area contributed by atoms with Crippen molar-refractivity contribution in [3.8, 4) is 0 Å². The Bertz CT molecular complexity index is 292. The van der Waals surface area contributed by atoms with Crippen molar-refractivity contribution in [3.63, 3.8) is 0 Å². The van der Waals surface area contributed by atoms with Crippen LogP contribution >= 0.6 is 0 Å². The van der Waals surface area contributed by atoms with E-state index in [-0.39, 0.29) is 12.4 Å². The Morgan fingerprint density at radius 3 is 2.87 bits per heavy atom. The van der Waals surface area contributed by atoms with E-state index in [1.807, 2.05) is 0 Å². The summed E-state index contributed by atoms with van der Waals surface area (Å²) in [6, 6.07) is 2.90. The molecule has 1 atom stereocenters. The summed E-state index contributed by atoms with van der Waals surface area (Å²) in [5.41, 5.74) is 0. The predicted molar refractivity (Wildman–Crippen MR) is 55.3 cm³/mol. The number of methoxy groups -OCH3 is 1. The van der Waals surface area contributed by atoms with Gasteiger partial charge in [-0.3, -0.25) is 0 Å². The van der Waals surface area contributed by atoms with Crippen LogP contribution in [0.1, 0.15) is 0 Å². The summed E-state index contributed by atoms with van der Waals surface area (Å²) < 4.78 is 17.4. The highest BCUT2D eigenvalue weighted by Gasteiger charge is 2.09. The summed E-state index contributed by atoms with van der Waals surface area (Å²) >= 11 is 0. The van der Waals surface area contributed by atoms with Crippen molar-refractivity contribution in [2.45, 2.75) is 6.10 Å². The Labute approximate surface area is 88.3 Å². The second kappa shape index (κ2) is 5.63. The van der Waals surface area contributed by atoms with Crippen LogP contribution in [0.15, 0.2) is 18.3 Å². The van der Waals surface area contributed by atoms with Crippen LogP contribution in [0.4, 0.5) is 10.2 Å². The van der Waals surface area contributed by atoms with E-state index in [0.717, 1.165) is 6.20 Å². The minimum absolute atomic E-state index is 0.269. The number of halogens is 1. The van der Waals surface area contributed by atoms with Gasteiger partial charge in [0.1, 0.15) is 11.6 Å². The van der Waals surface area contributed by atoms with E-state index in [4.69, 9.17) is 4.74 Å². The maximum Gasteiger partial charge on any atom is 0.141 e. The highest BCUT2D eigenvalue weighted by Crippen LogP contribution is 2.08. The van der Waals surface area contributed by atoms with Crippen LogP contribution in [0.2, 0.25) is 0 Å². The second-order valence-electron chi connectivity index (χ2n) is 3.32. The van der Waals surface area contributed by atoms with Crippen LogP contribution in [-0.2, 0) is 4.74 Å². The normalized spacial score (nSPS) is 12.5. The molecule has 1 unspecified atom stereocenters. The molecule has 1 rings (SSSR count). The monoisotopic (exact) mass is 214 g/mol. The molecule has 84 valence electrons. The number of ether oxygens (including phenoxy) is 1. The molecule has 1 N–H and O–H groups in total. The highest BCUT2D eigenvalue weighted by atomic mass is 19.1. The number of aliphatic hydroxyl groups is 1. The highest BCUT2D eigenvalue weighted by molar-refractivity contribution is 5.36. The summed E-state index contributed by atoms with van der Waals surface area (Å²) in [5, 5.41) is 9.47. The number of hydrogen-bond acceptors (Lipinski definition) is 4. The minimum atomic E-state index is -0.577. The lowest BCUT2D eigenvalue weighted by atomic mass is 10.3. The Hall–Kier alpha value is -1.20. The third-order valence-electron chi connectivity index (χ3n) is 1.95. The van der Waals surface area contributed by atoms with Crippen LogP contribution in [0, 0.1) is 5.82 Å². The van der Waals surface area contributed by atoms with Crippen molar-refractivity contribution >= 4 is 5.82 Å². The first-order valence-electron chi connectivity index (χ1n) is 4.63. The van der Waals surface area contributed by atoms with Crippen LogP contribution in [0.5, 0.6) is 0 Å². The summed E-state index contributed by atoms with van der Waals surface area (Å²) in [5.74, 6) is 0.246. The molecule has 4 nitrogen and oxygen atoms in total. The Kier molecular flexibility index (Phi) is 4.45. The molecular formula is C10H15FN2O2. The Morgan fingerprint density at radius 2 is 2.33 bits per heavy atom. The topological polar surface area (TPSA) is 45.6 Å². The molecule has 0 fully saturated rings. The fraction of sp³-hybridized carbons (Fsp3) is 0.500. The quantitative estimate of drug-likeness (QED) is 0.782. The van der Waals surface area contributed by atoms with E-state index in [2.05, 4.69) is 4.98 Å². The van der Waals surface area contributed by atoms with E-state index in [1.165, 1.54) is 13.2 Å². The van der Waals surface area contributed by atoms with Crippen molar-refractivity contribution in [1.82, 2.24) is 4.98 Å². The van der Waals surface area contributed by atoms with Gasteiger partial charge in [0.2, 0.25) is 0 Å². The number of anilines is 1. The average molecular weight is 214 g/mol. The Balaban J connectivity index is 2.53. The number of nitrogens with zero attached hydrogens (tertiary/aromatic N) is 2. The second-order valence-corrected chi connectivity index (χ2v) is 3.32. The van der Waals surface area contributed by atoms with Gasteiger partial charge in [-0.1, -0.05) is 0 Å². The first-order valence-corrected chi connectivity index (χ1v) is 4.63. The average Bonchev–Trinajstić information content (AvgIpc) is 2.18. The molecule has 15 heavy (non-hydrogen) atoms. The van der Waals surface area contributed by atoms with Gasteiger partial charge in [-0.05, 0) is 12.1 Å². The fourth-order valence-electron chi connectivity index (χ4n) is 1.25. The van der Waals surface area contributed by atoms with E-state index >= 15 is 0 Å². The zero-order valence-corrected chi connectivity index (χ0v) is 8.85. The van der Waals surface area contributed by atoms with E-state index < -0.39 is 6.10 Å². The lowest BCUT2D eigenvalue weighted by Gasteiger charge is -2.21. The maximum atomic E-state index is 12.6. The molecule has 0 amide bonds. The molecule has 0 aliphatic rings. The maximum absolute atomic E-state index is 12.6. The number of hydrogen-bond donors (Lipinski definition) is 1. The largest absolute Gasteiger partial charge is 0.389 e. The molecule has 1 aromatic rings. The molecule has 1 aromatic heterocycles. The fourth-order valence-corrected chi connectivity index (χ4v) is 1.25. The van der Waals surface area contributed by atoms with Crippen molar-refractivity contribution in [3.05, 3.63) is 24.1 Å². The number of aliphatic hydroxyl groups excluding tert-OH is 1. The van der Waals surface area contributed by atoms with Gasteiger partial charge >= 0.3 is 0 Å². The van der Waals surface area contributed by atoms with Crippen LogP contribution in [0.3, 0.4) is 0 Å². The smallest absolute Gasteiger partial charge is 0.141 e. The zero-order valence-electron chi connectivity index (χ0n) is 8.85. The van der Waals surface area contributed by atoms with Gasteiger partial charge in [0, 0.05) is 20.7 Å². The molecule has 0 saturated carbocycles. The molecule has 0 aromatic carbocycles. The molecule has 0 saturated heterocycles. The van der Waals surface area contributed by atoms with Gasteiger partial charge < -0.3 is 14.7 Å². The van der Waals surface area contributed by atoms with Gasteiger partial charge in [0.05, 0.1) is 18.9 Å². The standard InChI is InChI=1S/C10H15FN2O2/c1-13(6-9(14)7-15-2)10-4-3-8(11)5-12-10/h3-5,9,14H,6-7H2,1-2H3. The van der Waals surface area contributed by atoms with Gasteiger partial charge in [0.15, 0.2) is 0 Å². The van der Waals surface area contributed by atoms with E-state index in [9.17, 15) is 9.50 Å². The van der Waals surface area contributed by atoms with Gasteiger partial charge in [-0.25, -0.2) is 9.37 Å². The number of pyridine rings is 1. The molecular weight excluding hydrogens is 199 g/mol. The first kappa shape index (κ1) is 11.9. The molecule has 5 heteroatoms. The molecule has 1 heterocycles.